The molecule has 0 atom stereocenters. The van der Waals surface area contributed by atoms with Crippen molar-refractivity contribution in [3.8, 4) is 84.1 Å². The van der Waals surface area contributed by atoms with Crippen molar-refractivity contribution in [2.75, 3.05) is 0 Å². The lowest BCUT2D eigenvalue weighted by Crippen LogP contribution is -2.14. The van der Waals surface area contributed by atoms with E-state index in [-0.39, 0.29) is 5.41 Å². The molecule has 0 aliphatic heterocycles. The third kappa shape index (κ3) is 6.36. The van der Waals surface area contributed by atoms with Crippen LogP contribution in [-0.2, 0) is 5.41 Å². The van der Waals surface area contributed by atoms with Crippen LogP contribution in [0.5, 0.6) is 0 Å². The molecule has 0 unspecified atom stereocenters. The van der Waals surface area contributed by atoms with Crippen LogP contribution in [0.3, 0.4) is 0 Å². The minimum atomic E-state index is -0.127. The van der Waals surface area contributed by atoms with Gasteiger partial charge in [-0.2, -0.15) is 0 Å². The maximum atomic E-state index is 5.44. The Balaban J connectivity index is 1.07. The summed E-state index contributed by atoms with van der Waals surface area (Å²) in [4.78, 5) is 10.7. The van der Waals surface area contributed by atoms with Gasteiger partial charge in [-0.05, 0) is 98.1 Å². The van der Waals surface area contributed by atoms with E-state index >= 15 is 0 Å². The van der Waals surface area contributed by atoms with Gasteiger partial charge < -0.3 is 4.57 Å². The lowest BCUT2D eigenvalue weighted by molar-refractivity contribution is 0.660. The maximum Gasteiger partial charge on any atom is 0.160 e. The average Bonchev–Trinajstić information content (AvgIpc) is 3.82. The number of nitrogens with zero attached hydrogens (tertiary/aromatic N) is 3. The molecule has 0 N–H and O–H groups in total. The van der Waals surface area contributed by atoms with Gasteiger partial charge in [0.2, 0.25) is 0 Å². The average molecular weight is 818 g/mol. The Morgan fingerprint density at radius 1 is 0.328 bits per heavy atom. The van der Waals surface area contributed by atoms with Crippen molar-refractivity contribution in [1.82, 2.24) is 14.5 Å². The topological polar surface area (TPSA) is 30.7 Å². The van der Waals surface area contributed by atoms with E-state index in [0.29, 0.717) is 5.82 Å². The number of fused-ring (bicyclic) bond motifs is 6. The number of aromatic nitrogens is 3. The molecule has 1 aliphatic rings. The van der Waals surface area contributed by atoms with Crippen molar-refractivity contribution < 1.29 is 0 Å². The van der Waals surface area contributed by atoms with E-state index in [4.69, 9.17) is 9.97 Å². The SMILES string of the molecule is CC1(C)c2ccccc2-c2ccc(-c3cc(-c4cc(-c5ccc(-c6ccccc6)cc5)nc(-c5ccc(-c6ccccc6)cc5)n4)cc(-n4c5ccccc5c5ccccc54)c3)cc21. The number of hydrogen-bond donors (Lipinski definition) is 0. The fourth-order valence-electron chi connectivity index (χ4n) is 9.92. The lowest BCUT2D eigenvalue weighted by Gasteiger charge is -2.22. The summed E-state index contributed by atoms with van der Waals surface area (Å²) in [5.41, 5.74) is 20.4. The molecule has 0 spiro atoms. The van der Waals surface area contributed by atoms with Gasteiger partial charge in [0.25, 0.3) is 0 Å². The van der Waals surface area contributed by atoms with Crippen molar-refractivity contribution in [2.45, 2.75) is 19.3 Å². The van der Waals surface area contributed by atoms with Gasteiger partial charge in [-0.3, -0.25) is 0 Å². The van der Waals surface area contributed by atoms with Crippen molar-refractivity contribution in [3.05, 3.63) is 236 Å². The van der Waals surface area contributed by atoms with E-state index in [9.17, 15) is 0 Å². The molecule has 0 bridgehead atoms. The van der Waals surface area contributed by atoms with Gasteiger partial charge >= 0.3 is 0 Å². The second-order valence-corrected chi connectivity index (χ2v) is 17.4. The third-order valence-electron chi connectivity index (χ3n) is 13.2. The molecule has 0 fully saturated rings. The Hall–Kier alpha value is -8.14. The fraction of sp³-hybridized carbons (Fsp3) is 0.0492. The highest BCUT2D eigenvalue weighted by molar-refractivity contribution is 6.09. The summed E-state index contributed by atoms with van der Waals surface area (Å²) in [7, 11) is 0. The Kier molecular flexibility index (Phi) is 8.84. The molecule has 2 heterocycles. The summed E-state index contributed by atoms with van der Waals surface area (Å²) in [6.07, 6.45) is 0. The lowest BCUT2D eigenvalue weighted by atomic mass is 9.81. The fourth-order valence-corrected chi connectivity index (χ4v) is 9.92. The van der Waals surface area contributed by atoms with Crippen LogP contribution in [0.2, 0.25) is 0 Å². The van der Waals surface area contributed by atoms with E-state index in [0.717, 1.165) is 44.9 Å². The van der Waals surface area contributed by atoms with Gasteiger partial charge in [-0.25, -0.2) is 9.97 Å². The van der Waals surface area contributed by atoms with Crippen LogP contribution in [0, 0.1) is 0 Å². The number of hydrogen-bond acceptors (Lipinski definition) is 2. The largest absolute Gasteiger partial charge is 0.309 e. The van der Waals surface area contributed by atoms with Gasteiger partial charge in [-0.15, -0.1) is 0 Å². The molecule has 3 nitrogen and oxygen atoms in total. The summed E-state index contributed by atoms with van der Waals surface area (Å²) in [5.74, 6) is 0.681. The van der Waals surface area contributed by atoms with Crippen LogP contribution >= 0.6 is 0 Å². The quantitative estimate of drug-likeness (QED) is 0.160. The monoisotopic (exact) mass is 817 g/mol. The van der Waals surface area contributed by atoms with Crippen LogP contribution < -0.4 is 0 Å². The van der Waals surface area contributed by atoms with Crippen molar-refractivity contribution in [1.29, 1.82) is 0 Å². The highest BCUT2D eigenvalue weighted by Gasteiger charge is 2.35. The molecule has 0 amide bonds. The van der Waals surface area contributed by atoms with E-state index in [1.165, 1.54) is 66.3 Å². The molecule has 0 radical (unpaired) electrons. The Labute approximate surface area is 373 Å². The van der Waals surface area contributed by atoms with E-state index in [1.807, 2.05) is 0 Å². The van der Waals surface area contributed by atoms with Crippen molar-refractivity contribution >= 4 is 21.8 Å². The molecular formula is C61H43N3. The Morgan fingerprint density at radius 3 is 1.44 bits per heavy atom. The van der Waals surface area contributed by atoms with Crippen LogP contribution in [0.4, 0.5) is 0 Å². The Bertz CT molecular complexity index is 3390. The van der Waals surface area contributed by atoms with Gasteiger partial charge in [-0.1, -0.05) is 196 Å². The molecule has 0 saturated carbocycles. The first kappa shape index (κ1) is 37.6. The second-order valence-electron chi connectivity index (χ2n) is 17.4. The van der Waals surface area contributed by atoms with Crippen molar-refractivity contribution in [2.24, 2.45) is 0 Å². The van der Waals surface area contributed by atoms with Crippen LogP contribution in [0.25, 0.3) is 106 Å². The molecule has 3 heteroatoms. The summed E-state index contributed by atoms with van der Waals surface area (Å²) in [6.45, 7) is 4.70. The van der Waals surface area contributed by atoms with Crippen LogP contribution in [0.15, 0.2) is 224 Å². The zero-order valence-electron chi connectivity index (χ0n) is 35.7. The number of para-hydroxylation sites is 2. The highest BCUT2D eigenvalue weighted by Crippen LogP contribution is 2.50. The summed E-state index contributed by atoms with van der Waals surface area (Å²) in [6, 6.07) is 80.9. The van der Waals surface area contributed by atoms with E-state index in [1.54, 1.807) is 0 Å². The van der Waals surface area contributed by atoms with Gasteiger partial charge in [0.1, 0.15) is 0 Å². The van der Waals surface area contributed by atoms with Crippen LogP contribution in [-0.4, -0.2) is 14.5 Å². The smallest absolute Gasteiger partial charge is 0.160 e. The summed E-state index contributed by atoms with van der Waals surface area (Å²) in [5, 5.41) is 2.46. The normalized spacial score (nSPS) is 12.7. The molecule has 11 aromatic rings. The van der Waals surface area contributed by atoms with Gasteiger partial charge in [0.15, 0.2) is 5.82 Å². The molecular weight excluding hydrogens is 775 g/mol. The van der Waals surface area contributed by atoms with Crippen molar-refractivity contribution in [3.63, 3.8) is 0 Å². The summed E-state index contributed by atoms with van der Waals surface area (Å²) < 4.78 is 2.42. The predicted octanol–water partition coefficient (Wildman–Crippen LogP) is 15.9. The van der Waals surface area contributed by atoms with E-state index in [2.05, 4.69) is 243 Å². The standard InChI is InChI=1S/C61H43N3/c1-61(2)54-22-12-9-19-50(54)51-34-33-46(38-55(51)61)47-35-48(37-49(36-47)64-58-23-13-10-20-52(58)53-21-11-14-24-59(53)64)57-39-56(44-29-25-42(26-30-44)40-15-5-3-6-16-40)62-60(63-57)45-31-27-43(28-32-45)41-17-7-4-8-18-41/h3-39H,1-2H3. The van der Waals surface area contributed by atoms with E-state index < -0.39 is 0 Å². The molecule has 1 aliphatic carbocycles. The number of rotatable bonds is 7. The third-order valence-corrected chi connectivity index (χ3v) is 13.2. The summed E-state index contributed by atoms with van der Waals surface area (Å²) >= 11 is 0. The molecule has 12 rings (SSSR count). The first-order chi connectivity index (χ1) is 31.5. The van der Waals surface area contributed by atoms with Crippen LogP contribution in [0.1, 0.15) is 25.0 Å². The Morgan fingerprint density at radius 2 is 0.797 bits per heavy atom. The predicted molar refractivity (Wildman–Crippen MR) is 267 cm³/mol. The number of benzene rings is 9. The first-order valence-corrected chi connectivity index (χ1v) is 22.1. The zero-order chi connectivity index (χ0) is 42.8. The first-order valence-electron chi connectivity index (χ1n) is 22.1. The van der Waals surface area contributed by atoms with Gasteiger partial charge in [0, 0.05) is 38.6 Å². The second kappa shape index (κ2) is 15.0. The minimum absolute atomic E-state index is 0.127. The van der Waals surface area contributed by atoms with Gasteiger partial charge in [0.05, 0.1) is 22.4 Å². The maximum absolute atomic E-state index is 5.44. The highest BCUT2D eigenvalue weighted by atomic mass is 15.0. The minimum Gasteiger partial charge on any atom is -0.309 e. The molecule has 2 aromatic heterocycles. The molecule has 302 valence electrons. The molecule has 64 heavy (non-hydrogen) atoms. The molecule has 9 aromatic carbocycles. The molecule has 0 saturated heterocycles. The zero-order valence-corrected chi connectivity index (χ0v) is 35.7.